The van der Waals surface area contributed by atoms with Crippen LogP contribution in [0.5, 0.6) is 5.75 Å². The number of aromatic hydroxyl groups is 1. The van der Waals surface area contributed by atoms with E-state index in [2.05, 4.69) is 92.7 Å². The minimum absolute atomic E-state index is 0.174. The molecule has 0 aromatic heterocycles. The van der Waals surface area contributed by atoms with Crippen molar-refractivity contribution in [2.75, 3.05) is 0 Å². The molecule has 0 unspecified atom stereocenters. The van der Waals surface area contributed by atoms with Crippen LogP contribution in [0.1, 0.15) is 25.0 Å². The van der Waals surface area contributed by atoms with Crippen LogP contribution in [0.4, 0.5) is 0 Å². The topological polar surface area (TPSA) is 20.2 Å². The Morgan fingerprint density at radius 3 is 1.81 bits per heavy atom. The van der Waals surface area contributed by atoms with E-state index in [0.29, 0.717) is 5.75 Å². The van der Waals surface area contributed by atoms with E-state index in [1.54, 1.807) is 0 Å². The third kappa shape index (κ3) is 2.71. The van der Waals surface area contributed by atoms with Gasteiger partial charge in [0.1, 0.15) is 5.75 Å². The third-order valence-corrected chi connectivity index (χ3v) is 6.98. The number of phenols is 1. The standard InChI is InChI=1S/C31H24O/c1-31(2)27-18-23(22-14-12-21(13-15-22)20-8-4-3-5-9-20)16-17-26(27)30-25-11-7-6-10-24(25)29(32)19-28(30)31/h3-19,32H,1-2H3. The number of fused-ring (bicyclic) bond motifs is 5. The molecule has 0 fully saturated rings. The lowest BCUT2D eigenvalue weighted by Crippen LogP contribution is -2.15. The monoisotopic (exact) mass is 412 g/mol. The molecule has 32 heavy (non-hydrogen) atoms. The molecule has 0 radical (unpaired) electrons. The summed E-state index contributed by atoms with van der Waals surface area (Å²) in [5.74, 6) is 0.358. The molecule has 0 saturated carbocycles. The summed E-state index contributed by atoms with van der Waals surface area (Å²) in [5.41, 5.74) is 9.75. The van der Waals surface area contributed by atoms with Crippen LogP contribution < -0.4 is 0 Å². The van der Waals surface area contributed by atoms with Gasteiger partial charge in [0.2, 0.25) is 0 Å². The van der Waals surface area contributed by atoms with Gasteiger partial charge >= 0.3 is 0 Å². The molecule has 0 atom stereocenters. The minimum atomic E-state index is -0.174. The Morgan fingerprint density at radius 1 is 0.531 bits per heavy atom. The average molecular weight is 413 g/mol. The van der Waals surface area contributed by atoms with Gasteiger partial charge in [-0.3, -0.25) is 0 Å². The van der Waals surface area contributed by atoms with Crippen molar-refractivity contribution < 1.29 is 5.11 Å². The smallest absolute Gasteiger partial charge is 0.123 e. The number of hydrogen-bond acceptors (Lipinski definition) is 1. The maximum absolute atomic E-state index is 10.7. The lowest BCUT2D eigenvalue weighted by molar-refractivity contribution is 0.479. The molecule has 0 spiro atoms. The van der Waals surface area contributed by atoms with Gasteiger partial charge in [0.25, 0.3) is 0 Å². The van der Waals surface area contributed by atoms with E-state index >= 15 is 0 Å². The van der Waals surface area contributed by atoms with E-state index in [-0.39, 0.29) is 5.41 Å². The molecule has 0 aliphatic heterocycles. The van der Waals surface area contributed by atoms with E-state index in [1.165, 1.54) is 44.5 Å². The van der Waals surface area contributed by atoms with E-state index in [9.17, 15) is 5.11 Å². The van der Waals surface area contributed by atoms with Crippen LogP contribution in [0.25, 0.3) is 44.2 Å². The van der Waals surface area contributed by atoms with E-state index < -0.39 is 0 Å². The summed E-state index contributed by atoms with van der Waals surface area (Å²) < 4.78 is 0. The Bertz CT molecular complexity index is 1480. The van der Waals surface area contributed by atoms with Gasteiger partial charge in [0.15, 0.2) is 0 Å². The van der Waals surface area contributed by atoms with Crippen molar-refractivity contribution in [1.29, 1.82) is 0 Å². The molecule has 0 amide bonds. The van der Waals surface area contributed by atoms with Gasteiger partial charge in [0.05, 0.1) is 0 Å². The normalized spacial score (nSPS) is 13.7. The first-order chi connectivity index (χ1) is 15.5. The fraction of sp³-hybridized carbons (Fsp3) is 0.0968. The molecule has 0 saturated heterocycles. The molecule has 0 bridgehead atoms. The Balaban J connectivity index is 1.48. The van der Waals surface area contributed by atoms with Crippen LogP contribution >= 0.6 is 0 Å². The van der Waals surface area contributed by atoms with Gasteiger partial charge in [0, 0.05) is 10.8 Å². The zero-order valence-corrected chi connectivity index (χ0v) is 18.3. The summed E-state index contributed by atoms with van der Waals surface area (Å²) in [4.78, 5) is 0. The van der Waals surface area contributed by atoms with Crippen LogP contribution in [0.3, 0.4) is 0 Å². The van der Waals surface area contributed by atoms with E-state index in [0.717, 1.165) is 10.8 Å². The molecule has 154 valence electrons. The van der Waals surface area contributed by atoms with Crippen molar-refractivity contribution in [3.63, 3.8) is 0 Å². The number of benzene rings is 5. The molecule has 1 aliphatic rings. The highest BCUT2D eigenvalue weighted by atomic mass is 16.3. The lowest BCUT2D eigenvalue weighted by atomic mass is 9.81. The fourth-order valence-electron chi connectivity index (χ4n) is 5.23. The predicted octanol–water partition coefficient (Wildman–Crippen LogP) is 8.19. The summed E-state index contributed by atoms with van der Waals surface area (Å²) in [5, 5.41) is 12.7. The predicted molar refractivity (Wildman–Crippen MR) is 134 cm³/mol. The summed E-state index contributed by atoms with van der Waals surface area (Å²) in [7, 11) is 0. The molecular formula is C31H24O. The van der Waals surface area contributed by atoms with Crippen molar-refractivity contribution in [3.05, 3.63) is 114 Å². The zero-order valence-electron chi connectivity index (χ0n) is 18.3. The van der Waals surface area contributed by atoms with Crippen LogP contribution in [0, 0.1) is 0 Å². The zero-order chi connectivity index (χ0) is 21.9. The number of hydrogen-bond donors (Lipinski definition) is 1. The molecule has 5 aromatic carbocycles. The highest BCUT2D eigenvalue weighted by Gasteiger charge is 2.37. The molecule has 6 rings (SSSR count). The average Bonchev–Trinajstić information content (AvgIpc) is 3.06. The van der Waals surface area contributed by atoms with Gasteiger partial charge in [-0.05, 0) is 62.0 Å². The maximum atomic E-state index is 10.7. The maximum Gasteiger partial charge on any atom is 0.123 e. The molecule has 0 heterocycles. The summed E-state index contributed by atoms with van der Waals surface area (Å²) >= 11 is 0. The number of rotatable bonds is 2. The van der Waals surface area contributed by atoms with Gasteiger partial charge in [-0.25, -0.2) is 0 Å². The number of phenolic OH excluding ortho intramolecular Hbond substituents is 1. The molecule has 1 nitrogen and oxygen atoms in total. The SMILES string of the molecule is CC1(C)c2cc(-c3ccc(-c4ccccc4)cc3)ccc2-c2c1cc(O)c1ccccc21. The van der Waals surface area contributed by atoms with Crippen molar-refractivity contribution in [3.8, 4) is 39.1 Å². The highest BCUT2D eigenvalue weighted by Crippen LogP contribution is 2.53. The molecule has 1 aliphatic carbocycles. The first-order valence-corrected chi connectivity index (χ1v) is 11.1. The fourth-order valence-corrected chi connectivity index (χ4v) is 5.23. The molecule has 1 heteroatoms. The Morgan fingerprint density at radius 2 is 1.09 bits per heavy atom. The molecule has 1 N–H and O–H groups in total. The summed E-state index contributed by atoms with van der Waals surface area (Å²) in [6, 6.07) is 36.2. The van der Waals surface area contributed by atoms with Crippen LogP contribution in [-0.4, -0.2) is 5.11 Å². The Kier molecular flexibility index (Phi) is 4.03. The first-order valence-electron chi connectivity index (χ1n) is 11.1. The summed E-state index contributed by atoms with van der Waals surface area (Å²) in [6.07, 6.45) is 0. The van der Waals surface area contributed by atoms with Crippen LogP contribution in [-0.2, 0) is 5.41 Å². The van der Waals surface area contributed by atoms with Gasteiger partial charge in [-0.2, -0.15) is 0 Å². The van der Waals surface area contributed by atoms with E-state index in [4.69, 9.17) is 0 Å². The molecular weight excluding hydrogens is 388 g/mol. The lowest BCUT2D eigenvalue weighted by Gasteiger charge is -2.22. The highest BCUT2D eigenvalue weighted by molar-refractivity contribution is 6.05. The van der Waals surface area contributed by atoms with Gasteiger partial charge in [-0.1, -0.05) is 105 Å². The quantitative estimate of drug-likeness (QED) is 0.310. The van der Waals surface area contributed by atoms with Gasteiger partial charge < -0.3 is 5.11 Å². The van der Waals surface area contributed by atoms with Crippen LogP contribution in [0.15, 0.2) is 103 Å². The second kappa shape index (κ2) is 6.83. The van der Waals surface area contributed by atoms with Gasteiger partial charge in [-0.15, -0.1) is 0 Å². The van der Waals surface area contributed by atoms with Crippen molar-refractivity contribution >= 4 is 10.8 Å². The second-order valence-corrected chi connectivity index (χ2v) is 9.19. The van der Waals surface area contributed by atoms with E-state index in [1.807, 2.05) is 24.3 Å². The largest absolute Gasteiger partial charge is 0.507 e. The Hall–Kier alpha value is -3.84. The van der Waals surface area contributed by atoms with Crippen molar-refractivity contribution in [1.82, 2.24) is 0 Å². The van der Waals surface area contributed by atoms with Crippen molar-refractivity contribution in [2.24, 2.45) is 0 Å². The van der Waals surface area contributed by atoms with Crippen molar-refractivity contribution in [2.45, 2.75) is 19.3 Å². The first kappa shape index (κ1) is 18.9. The minimum Gasteiger partial charge on any atom is -0.507 e. The third-order valence-electron chi connectivity index (χ3n) is 6.98. The Labute approximate surface area is 188 Å². The second-order valence-electron chi connectivity index (χ2n) is 9.19. The van der Waals surface area contributed by atoms with Crippen LogP contribution in [0.2, 0.25) is 0 Å². The molecule has 5 aromatic rings. The summed E-state index contributed by atoms with van der Waals surface area (Å²) in [6.45, 7) is 4.52.